The molecule has 0 spiro atoms. The van der Waals surface area contributed by atoms with Crippen LogP contribution in [0.1, 0.15) is 5.69 Å². The maximum absolute atomic E-state index is 13.5. The first-order valence-electron chi connectivity index (χ1n) is 4.83. The summed E-state index contributed by atoms with van der Waals surface area (Å²) in [4.78, 5) is 7.92. The van der Waals surface area contributed by atoms with Gasteiger partial charge in [-0.05, 0) is 12.1 Å². The highest BCUT2D eigenvalue weighted by molar-refractivity contribution is 6.30. The van der Waals surface area contributed by atoms with Crippen molar-refractivity contribution in [2.45, 2.75) is 6.54 Å². The summed E-state index contributed by atoms with van der Waals surface area (Å²) in [6, 6.07) is 4.48. The lowest BCUT2D eigenvalue weighted by Gasteiger charge is -2.06. The molecule has 0 amide bonds. The largest absolute Gasteiger partial charge is 0.434 e. The Balaban J connectivity index is 2.28. The summed E-state index contributed by atoms with van der Waals surface area (Å²) in [5.74, 6) is -0.454. The van der Waals surface area contributed by atoms with Gasteiger partial charge in [0.15, 0.2) is 11.6 Å². The molecule has 0 saturated heterocycles. The molecule has 0 radical (unpaired) electrons. The molecular formula is C11H9ClFN3O. The number of ether oxygens (including phenoxy) is 1. The van der Waals surface area contributed by atoms with Crippen LogP contribution in [-0.2, 0) is 6.54 Å². The van der Waals surface area contributed by atoms with Gasteiger partial charge in [-0.3, -0.25) is 4.98 Å². The Morgan fingerprint density at radius 1 is 1.35 bits per heavy atom. The Labute approximate surface area is 102 Å². The van der Waals surface area contributed by atoms with Gasteiger partial charge in [0.1, 0.15) is 0 Å². The Morgan fingerprint density at radius 2 is 2.18 bits per heavy atom. The van der Waals surface area contributed by atoms with Crippen LogP contribution >= 0.6 is 11.6 Å². The Bertz CT molecular complexity index is 536. The smallest absolute Gasteiger partial charge is 0.238 e. The fourth-order valence-corrected chi connectivity index (χ4v) is 1.38. The molecule has 0 aliphatic heterocycles. The van der Waals surface area contributed by atoms with Gasteiger partial charge >= 0.3 is 0 Å². The third kappa shape index (κ3) is 2.69. The quantitative estimate of drug-likeness (QED) is 0.913. The van der Waals surface area contributed by atoms with Crippen LogP contribution in [0.2, 0.25) is 5.02 Å². The number of halogens is 2. The molecular weight excluding hydrogens is 245 g/mol. The Morgan fingerprint density at radius 3 is 2.94 bits per heavy atom. The van der Waals surface area contributed by atoms with Crippen molar-refractivity contribution in [1.82, 2.24) is 9.97 Å². The van der Waals surface area contributed by atoms with Gasteiger partial charge in [-0.2, -0.15) is 0 Å². The standard InChI is InChI=1S/C11H9ClFN3O/c12-8-2-1-3-9(11(8)13)17-10-6-15-5-7(4-14)16-10/h1-3,5-6H,4,14H2. The van der Waals surface area contributed by atoms with E-state index in [9.17, 15) is 4.39 Å². The van der Waals surface area contributed by atoms with Crippen LogP contribution in [0.15, 0.2) is 30.6 Å². The minimum absolute atomic E-state index is 0.000899. The molecule has 1 aromatic heterocycles. The average molecular weight is 254 g/mol. The Kier molecular flexibility index (Phi) is 3.51. The predicted molar refractivity (Wildman–Crippen MR) is 61.4 cm³/mol. The van der Waals surface area contributed by atoms with Gasteiger partial charge in [0.2, 0.25) is 5.88 Å². The fourth-order valence-electron chi connectivity index (χ4n) is 1.21. The lowest BCUT2D eigenvalue weighted by atomic mass is 10.3. The molecule has 0 unspecified atom stereocenters. The van der Waals surface area contributed by atoms with Gasteiger partial charge in [0, 0.05) is 12.7 Å². The van der Waals surface area contributed by atoms with Gasteiger partial charge in [-0.15, -0.1) is 0 Å². The van der Waals surface area contributed by atoms with Crippen LogP contribution < -0.4 is 10.5 Å². The molecule has 2 rings (SSSR count). The van der Waals surface area contributed by atoms with Crippen molar-refractivity contribution in [3.8, 4) is 11.6 Å². The predicted octanol–water partition coefficient (Wildman–Crippen LogP) is 2.52. The van der Waals surface area contributed by atoms with Gasteiger partial charge in [0.25, 0.3) is 0 Å². The second-order valence-corrected chi connectivity index (χ2v) is 3.61. The van der Waals surface area contributed by atoms with Gasteiger partial charge in [-0.25, -0.2) is 9.37 Å². The van der Waals surface area contributed by atoms with E-state index in [1.807, 2.05) is 0 Å². The third-order valence-electron chi connectivity index (χ3n) is 2.00. The van der Waals surface area contributed by atoms with E-state index in [0.717, 1.165) is 0 Å². The molecule has 0 aliphatic carbocycles. The molecule has 0 aliphatic rings. The van der Waals surface area contributed by atoms with Crippen molar-refractivity contribution in [3.05, 3.63) is 47.1 Å². The molecule has 1 heterocycles. The topological polar surface area (TPSA) is 61.0 Å². The second kappa shape index (κ2) is 5.07. The van der Waals surface area contributed by atoms with Crippen LogP contribution in [0.3, 0.4) is 0 Å². The number of aromatic nitrogens is 2. The summed E-state index contributed by atoms with van der Waals surface area (Å²) in [6.07, 6.45) is 2.89. The molecule has 1 aromatic carbocycles. The molecule has 2 aromatic rings. The number of hydrogen-bond donors (Lipinski definition) is 1. The molecule has 17 heavy (non-hydrogen) atoms. The molecule has 0 fully saturated rings. The van der Waals surface area contributed by atoms with Crippen LogP contribution in [0.25, 0.3) is 0 Å². The second-order valence-electron chi connectivity index (χ2n) is 3.21. The monoisotopic (exact) mass is 253 g/mol. The van der Waals surface area contributed by atoms with Crippen molar-refractivity contribution in [1.29, 1.82) is 0 Å². The van der Waals surface area contributed by atoms with E-state index >= 15 is 0 Å². The number of hydrogen-bond acceptors (Lipinski definition) is 4. The third-order valence-corrected chi connectivity index (χ3v) is 2.29. The van der Waals surface area contributed by atoms with E-state index in [4.69, 9.17) is 22.1 Å². The SMILES string of the molecule is NCc1cncc(Oc2cccc(Cl)c2F)n1. The van der Waals surface area contributed by atoms with Gasteiger partial charge < -0.3 is 10.5 Å². The summed E-state index contributed by atoms with van der Waals surface area (Å²) < 4.78 is 18.8. The summed E-state index contributed by atoms with van der Waals surface area (Å²) in [5.41, 5.74) is 5.97. The minimum Gasteiger partial charge on any atom is -0.434 e. The van der Waals surface area contributed by atoms with Crippen LogP contribution in [0.4, 0.5) is 4.39 Å². The first-order valence-corrected chi connectivity index (χ1v) is 5.21. The Hall–Kier alpha value is -1.72. The number of nitrogens with two attached hydrogens (primary N) is 1. The molecule has 88 valence electrons. The number of nitrogens with zero attached hydrogens (tertiary/aromatic N) is 2. The van der Waals surface area contributed by atoms with Crippen molar-refractivity contribution < 1.29 is 9.13 Å². The zero-order chi connectivity index (χ0) is 12.3. The lowest BCUT2D eigenvalue weighted by Crippen LogP contribution is -2.01. The maximum Gasteiger partial charge on any atom is 0.238 e. The lowest BCUT2D eigenvalue weighted by molar-refractivity contribution is 0.424. The highest BCUT2D eigenvalue weighted by Gasteiger charge is 2.09. The van der Waals surface area contributed by atoms with Crippen molar-refractivity contribution in [3.63, 3.8) is 0 Å². The van der Waals surface area contributed by atoms with Crippen LogP contribution in [0, 0.1) is 5.82 Å². The summed E-state index contributed by atoms with van der Waals surface area (Å²) in [7, 11) is 0. The van der Waals surface area contributed by atoms with E-state index in [2.05, 4.69) is 9.97 Å². The highest BCUT2D eigenvalue weighted by atomic mass is 35.5. The first kappa shape index (κ1) is 11.8. The zero-order valence-electron chi connectivity index (χ0n) is 8.73. The summed E-state index contributed by atoms with van der Waals surface area (Å²) >= 11 is 5.63. The normalized spacial score (nSPS) is 10.3. The average Bonchev–Trinajstić information content (AvgIpc) is 2.35. The van der Waals surface area contributed by atoms with Crippen molar-refractivity contribution in [2.75, 3.05) is 0 Å². The van der Waals surface area contributed by atoms with Crippen LogP contribution in [0.5, 0.6) is 11.6 Å². The molecule has 2 N–H and O–H groups in total. The summed E-state index contributed by atoms with van der Waals surface area (Å²) in [6.45, 7) is 0.238. The van der Waals surface area contributed by atoms with E-state index < -0.39 is 5.82 Å². The van der Waals surface area contributed by atoms with E-state index in [-0.39, 0.29) is 23.2 Å². The zero-order valence-corrected chi connectivity index (χ0v) is 9.49. The van der Waals surface area contributed by atoms with E-state index in [0.29, 0.717) is 5.69 Å². The van der Waals surface area contributed by atoms with E-state index in [1.165, 1.54) is 24.5 Å². The molecule has 4 nitrogen and oxygen atoms in total. The van der Waals surface area contributed by atoms with Gasteiger partial charge in [-0.1, -0.05) is 17.7 Å². The highest BCUT2D eigenvalue weighted by Crippen LogP contribution is 2.27. The van der Waals surface area contributed by atoms with E-state index in [1.54, 1.807) is 6.07 Å². The molecule has 0 atom stereocenters. The molecule has 0 saturated carbocycles. The number of rotatable bonds is 3. The van der Waals surface area contributed by atoms with Crippen molar-refractivity contribution >= 4 is 11.6 Å². The maximum atomic E-state index is 13.5. The fraction of sp³-hybridized carbons (Fsp3) is 0.0909. The summed E-state index contributed by atoms with van der Waals surface area (Å²) in [5, 5.41) is -0.00885. The molecule has 0 bridgehead atoms. The first-order chi connectivity index (χ1) is 8.20. The number of benzene rings is 1. The van der Waals surface area contributed by atoms with Crippen LogP contribution in [-0.4, -0.2) is 9.97 Å². The molecule has 6 heteroatoms. The minimum atomic E-state index is -0.630. The van der Waals surface area contributed by atoms with Crippen molar-refractivity contribution in [2.24, 2.45) is 5.73 Å². The van der Waals surface area contributed by atoms with Gasteiger partial charge in [0.05, 0.1) is 16.9 Å².